The summed E-state index contributed by atoms with van der Waals surface area (Å²) in [6.07, 6.45) is 0.128. The monoisotopic (exact) mass is 145 g/mol. The molecule has 0 aromatic carbocycles. The second kappa shape index (κ2) is 2.56. The van der Waals surface area contributed by atoms with Gasteiger partial charge in [0.15, 0.2) is 0 Å². The molecule has 0 atom stereocenters. The van der Waals surface area contributed by atoms with Crippen LogP contribution in [-0.4, -0.2) is 30.8 Å². The number of ether oxygens (including phenoxy) is 1. The lowest BCUT2D eigenvalue weighted by Gasteiger charge is -2.39. The molecular weight excluding hydrogens is 134 g/mol. The van der Waals surface area contributed by atoms with Crippen LogP contribution in [-0.2, 0) is 9.53 Å². The third-order valence-electron chi connectivity index (χ3n) is 1.78. The lowest BCUT2D eigenvalue weighted by atomic mass is 9.83. The fourth-order valence-corrected chi connectivity index (χ4v) is 1.00. The van der Waals surface area contributed by atoms with Gasteiger partial charge in [0.1, 0.15) is 0 Å². The molecule has 0 saturated carbocycles. The lowest BCUT2D eigenvalue weighted by Crippen LogP contribution is -2.49. The van der Waals surface area contributed by atoms with Crippen molar-refractivity contribution in [3.63, 3.8) is 0 Å². The molecule has 1 fully saturated rings. The van der Waals surface area contributed by atoms with Crippen LogP contribution >= 0.6 is 0 Å². The molecule has 0 aromatic heterocycles. The molecule has 4 nitrogen and oxygen atoms in total. The molecule has 0 amide bonds. The van der Waals surface area contributed by atoms with E-state index in [0.29, 0.717) is 19.8 Å². The van der Waals surface area contributed by atoms with Crippen molar-refractivity contribution >= 4 is 5.97 Å². The first-order valence-corrected chi connectivity index (χ1v) is 3.18. The average Bonchev–Trinajstić information content (AvgIpc) is 1.78. The van der Waals surface area contributed by atoms with Crippen molar-refractivity contribution in [1.29, 1.82) is 0 Å². The minimum absolute atomic E-state index is 0.128. The Morgan fingerprint density at radius 3 is 2.40 bits per heavy atom. The standard InChI is InChI=1S/C6H11NO3/c7-2-6(1-5(8)9)3-10-4-6/h1-4,7H2,(H,8,9). The van der Waals surface area contributed by atoms with E-state index in [-0.39, 0.29) is 11.8 Å². The van der Waals surface area contributed by atoms with Crippen LogP contribution in [0.25, 0.3) is 0 Å². The Hall–Kier alpha value is -0.610. The van der Waals surface area contributed by atoms with E-state index in [4.69, 9.17) is 15.6 Å². The molecule has 58 valence electrons. The molecule has 4 heteroatoms. The highest BCUT2D eigenvalue weighted by Gasteiger charge is 2.39. The van der Waals surface area contributed by atoms with Gasteiger partial charge in [-0.1, -0.05) is 0 Å². The lowest BCUT2D eigenvalue weighted by molar-refractivity contribution is -0.154. The first-order chi connectivity index (χ1) is 4.68. The minimum Gasteiger partial charge on any atom is -0.481 e. The van der Waals surface area contributed by atoms with Crippen LogP contribution in [0.1, 0.15) is 6.42 Å². The largest absolute Gasteiger partial charge is 0.481 e. The zero-order valence-corrected chi connectivity index (χ0v) is 5.67. The summed E-state index contributed by atoms with van der Waals surface area (Å²) in [6.45, 7) is 1.39. The summed E-state index contributed by atoms with van der Waals surface area (Å²) in [5.41, 5.74) is 5.12. The number of carboxylic acid groups (broad SMARTS) is 1. The Kier molecular flexibility index (Phi) is 1.92. The maximum absolute atomic E-state index is 10.3. The topological polar surface area (TPSA) is 72.6 Å². The normalized spacial score (nSPS) is 21.7. The fraction of sp³-hybridized carbons (Fsp3) is 0.833. The molecule has 1 heterocycles. The summed E-state index contributed by atoms with van der Waals surface area (Å²) < 4.78 is 4.89. The van der Waals surface area contributed by atoms with Crippen LogP contribution in [0.3, 0.4) is 0 Å². The van der Waals surface area contributed by atoms with Gasteiger partial charge in [-0.05, 0) is 0 Å². The summed E-state index contributed by atoms with van der Waals surface area (Å²) in [5, 5.41) is 8.43. The second-order valence-corrected chi connectivity index (χ2v) is 2.77. The quantitative estimate of drug-likeness (QED) is 0.558. The summed E-state index contributed by atoms with van der Waals surface area (Å²) in [4.78, 5) is 10.3. The van der Waals surface area contributed by atoms with Crippen LogP contribution in [0, 0.1) is 5.41 Å². The number of carboxylic acids is 1. The Morgan fingerprint density at radius 1 is 1.70 bits per heavy atom. The van der Waals surface area contributed by atoms with Gasteiger partial charge in [0, 0.05) is 12.0 Å². The number of nitrogens with two attached hydrogens (primary N) is 1. The van der Waals surface area contributed by atoms with Gasteiger partial charge in [-0.2, -0.15) is 0 Å². The van der Waals surface area contributed by atoms with Crippen LogP contribution in [0.5, 0.6) is 0 Å². The minimum atomic E-state index is -0.797. The van der Waals surface area contributed by atoms with Crippen molar-refractivity contribution in [3.05, 3.63) is 0 Å². The van der Waals surface area contributed by atoms with E-state index in [1.54, 1.807) is 0 Å². The predicted molar refractivity (Wildman–Crippen MR) is 34.6 cm³/mol. The smallest absolute Gasteiger partial charge is 0.304 e. The highest BCUT2D eigenvalue weighted by Crippen LogP contribution is 2.29. The van der Waals surface area contributed by atoms with Gasteiger partial charge in [0.2, 0.25) is 0 Å². The van der Waals surface area contributed by atoms with Crippen molar-refractivity contribution in [2.45, 2.75) is 6.42 Å². The van der Waals surface area contributed by atoms with Gasteiger partial charge >= 0.3 is 5.97 Å². The molecule has 1 aliphatic heterocycles. The summed E-state index contributed by atoms with van der Waals surface area (Å²) in [6, 6.07) is 0. The van der Waals surface area contributed by atoms with E-state index in [9.17, 15) is 4.79 Å². The molecule has 1 rings (SSSR count). The number of hydrogen-bond donors (Lipinski definition) is 2. The third-order valence-corrected chi connectivity index (χ3v) is 1.78. The number of rotatable bonds is 3. The molecule has 3 N–H and O–H groups in total. The Bertz CT molecular complexity index is 136. The Labute approximate surface area is 59.0 Å². The van der Waals surface area contributed by atoms with E-state index in [1.165, 1.54) is 0 Å². The Balaban J connectivity index is 2.40. The van der Waals surface area contributed by atoms with Gasteiger partial charge in [0.05, 0.1) is 19.6 Å². The van der Waals surface area contributed by atoms with Gasteiger partial charge in [-0.3, -0.25) is 4.79 Å². The van der Waals surface area contributed by atoms with Gasteiger partial charge < -0.3 is 15.6 Å². The van der Waals surface area contributed by atoms with Crippen molar-refractivity contribution in [1.82, 2.24) is 0 Å². The second-order valence-electron chi connectivity index (χ2n) is 2.77. The SMILES string of the molecule is NCC1(CC(=O)O)COC1. The predicted octanol–water partition coefficient (Wildman–Crippen LogP) is -0.564. The zero-order valence-electron chi connectivity index (χ0n) is 5.67. The first kappa shape index (κ1) is 7.50. The van der Waals surface area contributed by atoms with Crippen molar-refractivity contribution in [2.75, 3.05) is 19.8 Å². The third kappa shape index (κ3) is 1.27. The maximum Gasteiger partial charge on any atom is 0.304 e. The molecule has 1 saturated heterocycles. The molecule has 0 radical (unpaired) electrons. The molecular formula is C6H11NO3. The fourth-order valence-electron chi connectivity index (χ4n) is 1.00. The molecule has 0 aromatic rings. The van der Waals surface area contributed by atoms with Gasteiger partial charge in [-0.25, -0.2) is 0 Å². The van der Waals surface area contributed by atoms with Crippen molar-refractivity contribution in [2.24, 2.45) is 11.1 Å². The van der Waals surface area contributed by atoms with Crippen LogP contribution < -0.4 is 5.73 Å². The highest BCUT2D eigenvalue weighted by molar-refractivity contribution is 5.68. The van der Waals surface area contributed by atoms with E-state index in [1.807, 2.05) is 0 Å². The van der Waals surface area contributed by atoms with Crippen LogP contribution in [0.2, 0.25) is 0 Å². The Morgan fingerprint density at radius 2 is 2.30 bits per heavy atom. The molecule has 10 heavy (non-hydrogen) atoms. The first-order valence-electron chi connectivity index (χ1n) is 3.18. The van der Waals surface area contributed by atoms with Gasteiger partial charge in [-0.15, -0.1) is 0 Å². The summed E-state index contributed by atoms with van der Waals surface area (Å²) in [5.74, 6) is -0.797. The number of carbonyl (C=O) groups is 1. The number of hydrogen-bond acceptors (Lipinski definition) is 3. The van der Waals surface area contributed by atoms with Crippen molar-refractivity contribution in [3.8, 4) is 0 Å². The molecule has 0 spiro atoms. The van der Waals surface area contributed by atoms with Gasteiger partial charge in [0.25, 0.3) is 0 Å². The number of aliphatic carboxylic acids is 1. The molecule has 1 aliphatic rings. The van der Waals surface area contributed by atoms with Crippen LogP contribution in [0.4, 0.5) is 0 Å². The van der Waals surface area contributed by atoms with Crippen LogP contribution in [0.15, 0.2) is 0 Å². The average molecular weight is 145 g/mol. The van der Waals surface area contributed by atoms with E-state index < -0.39 is 5.97 Å². The molecule has 0 bridgehead atoms. The van der Waals surface area contributed by atoms with E-state index in [0.717, 1.165) is 0 Å². The highest BCUT2D eigenvalue weighted by atomic mass is 16.5. The molecule has 0 unspecified atom stereocenters. The van der Waals surface area contributed by atoms with E-state index in [2.05, 4.69) is 0 Å². The summed E-state index contributed by atoms with van der Waals surface area (Å²) >= 11 is 0. The van der Waals surface area contributed by atoms with E-state index >= 15 is 0 Å². The summed E-state index contributed by atoms with van der Waals surface area (Å²) in [7, 11) is 0. The molecule has 0 aliphatic carbocycles. The van der Waals surface area contributed by atoms with Crippen molar-refractivity contribution < 1.29 is 14.6 Å². The zero-order chi connectivity index (χ0) is 7.61. The maximum atomic E-state index is 10.3.